The van der Waals surface area contributed by atoms with Crippen LogP contribution in [-0.4, -0.2) is 27.6 Å². The molecule has 0 fully saturated rings. The summed E-state index contributed by atoms with van der Waals surface area (Å²) in [6.45, 7) is 3.61. The summed E-state index contributed by atoms with van der Waals surface area (Å²) >= 11 is 0. The van der Waals surface area contributed by atoms with E-state index < -0.39 is 17.8 Å². The molecule has 6 nitrogen and oxygen atoms in total. The smallest absolute Gasteiger partial charge is 0.340 e. The molecule has 1 N–H and O–H groups in total. The number of carbonyl (C=O) groups excluding carboxylic acids is 1. The van der Waals surface area contributed by atoms with Crippen molar-refractivity contribution in [3.8, 4) is 0 Å². The van der Waals surface area contributed by atoms with Gasteiger partial charge in [0.2, 0.25) is 5.89 Å². The number of carbonyl (C=O) groups is 1. The van der Waals surface area contributed by atoms with Crippen molar-refractivity contribution in [1.82, 2.24) is 15.0 Å². The number of benzene rings is 1. The predicted molar refractivity (Wildman–Crippen MR) is 75.6 cm³/mol. The third-order valence-corrected chi connectivity index (χ3v) is 3.04. The van der Waals surface area contributed by atoms with Crippen molar-refractivity contribution in [2.45, 2.75) is 26.6 Å². The summed E-state index contributed by atoms with van der Waals surface area (Å²) in [7, 11) is 0. The van der Waals surface area contributed by atoms with Crippen LogP contribution in [0.4, 0.5) is 23.7 Å². The molecule has 0 radical (unpaired) electrons. The number of anilines is 1. The predicted octanol–water partition coefficient (Wildman–Crippen LogP) is 3.45. The van der Waals surface area contributed by atoms with Crippen LogP contribution in [0.25, 0.3) is 0 Å². The number of alkyl halides is 3. The number of aromatic nitrogens is 2. The summed E-state index contributed by atoms with van der Waals surface area (Å²) in [5.74, 6) is 0.627. The normalized spacial score (nSPS) is 11.3. The average Bonchev–Trinajstić information content (AvgIpc) is 2.89. The molecule has 23 heavy (non-hydrogen) atoms. The standard InChI is InChI=1S/C14H15F3N4O2/c1-3-21(8-12-18-9(2)23-20-12)13(22)19-11-7-5-4-6-10(11)14(15,16)17/h4-7H,3,8H2,1-2H3,(H,19,22). The van der Waals surface area contributed by atoms with Gasteiger partial charge in [-0.25, -0.2) is 4.79 Å². The molecule has 0 saturated heterocycles. The van der Waals surface area contributed by atoms with Gasteiger partial charge >= 0.3 is 12.2 Å². The number of amides is 2. The molecule has 124 valence electrons. The van der Waals surface area contributed by atoms with Gasteiger partial charge in [-0.3, -0.25) is 0 Å². The lowest BCUT2D eigenvalue weighted by Crippen LogP contribution is -2.35. The van der Waals surface area contributed by atoms with Gasteiger partial charge in [-0.2, -0.15) is 18.2 Å². The zero-order valence-electron chi connectivity index (χ0n) is 12.5. The van der Waals surface area contributed by atoms with E-state index in [2.05, 4.69) is 15.5 Å². The summed E-state index contributed by atoms with van der Waals surface area (Å²) < 4.78 is 43.6. The van der Waals surface area contributed by atoms with Crippen LogP contribution in [0.1, 0.15) is 24.2 Å². The Kier molecular flexibility index (Phi) is 4.87. The number of rotatable bonds is 4. The second-order valence-electron chi connectivity index (χ2n) is 4.72. The van der Waals surface area contributed by atoms with Crippen molar-refractivity contribution in [2.24, 2.45) is 0 Å². The summed E-state index contributed by atoms with van der Waals surface area (Å²) in [5.41, 5.74) is -1.20. The Balaban J connectivity index is 2.14. The highest BCUT2D eigenvalue weighted by Crippen LogP contribution is 2.34. The molecule has 0 aliphatic heterocycles. The minimum absolute atomic E-state index is 0.0356. The van der Waals surface area contributed by atoms with Crippen LogP contribution in [0, 0.1) is 6.92 Å². The molecule has 9 heteroatoms. The fourth-order valence-corrected chi connectivity index (χ4v) is 1.94. The minimum atomic E-state index is -4.55. The number of hydrogen-bond acceptors (Lipinski definition) is 4. The third-order valence-electron chi connectivity index (χ3n) is 3.04. The Bertz CT molecular complexity index is 685. The number of nitrogens with one attached hydrogen (secondary N) is 1. The van der Waals surface area contributed by atoms with Crippen LogP contribution in [0.15, 0.2) is 28.8 Å². The van der Waals surface area contributed by atoms with Crippen LogP contribution >= 0.6 is 0 Å². The number of aryl methyl sites for hydroxylation is 1. The van der Waals surface area contributed by atoms with Gasteiger partial charge < -0.3 is 14.7 Å². The quantitative estimate of drug-likeness (QED) is 0.933. The molecular weight excluding hydrogens is 313 g/mol. The second-order valence-corrected chi connectivity index (χ2v) is 4.72. The van der Waals surface area contributed by atoms with Gasteiger partial charge in [-0.15, -0.1) is 0 Å². The highest BCUT2D eigenvalue weighted by molar-refractivity contribution is 5.90. The Labute approximate surface area is 130 Å². The van der Waals surface area contributed by atoms with E-state index in [1.807, 2.05) is 0 Å². The van der Waals surface area contributed by atoms with Crippen LogP contribution in [0.2, 0.25) is 0 Å². The number of para-hydroxylation sites is 1. The maximum absolute atomic E-state index is 12.9. The van der Waals surface area contributed by atoms with E-state index in [4.69, 9.17) is 4.52 Å². The molecule has 1 aromatic carbocycles. The topological polar surface area (TPSA) is 71.3 Å². The van der Waals surface area contributed by atoms with Crippen LogP contribution in [0.5, 0.6) is 0 Å². The van der Waals surface area contributed by atoms with E-state index in [1.54, 1.807) is 13.8 Å². The van der Waals surface area contributed by atoms with Crippen molar-refractivity contribution in [2.75, 3.05) is 11.9 Å². The highest BCUT2D eigenvalue weighted by Gasteiger charge is 2.33. The summed E-state index contributed by atoms with van der Waals surface area (Å²) in [6, 6.07) is 4.12. The Morgan fingerprint density at radius 1 is 1.35 bits per heavy atom. The molecule has 0 aliphatic carbocycles. The number of urea groups is 1. The Morgan fingerprint density at radius 3 is 2.61 bits per heavy atom. The van der Waals surface area contributed by atoms with Crippen molar-refractivity contribution >= 4 is 11.7 Å². The van der Waals surface area contributed by atoms with Gasteiger partial charge in [0.25, 0.3) is 0 Å². The molecule has 0 unspecified atom stereocenters. The van der Waals surface area contributed by atoms with E-state index in [-0.39, 0.29) is 24.6 Å². The van der Waals surface area contributed by atoms with Crippen LogP contribution < -0.4 is 5.32 Å². The molecule has 0 atom stereocenters. The van der Waals surface area contributed by atoms with Crippen LogP contribution in [0.3, 0.4) is 0 Å². The lowest BCUT2D eigenvalue weighted by Gasteiger charge is -2.21. The molecule has 2 rings (SSSR count). The summed E-state index contributed by atoms with van der Waals surface area (Å²) in [4.78, 5) is 17.4. The SMILES string of the molecule is CCN(Cc1noc(C)n1)C(=O)Nc1ccccc1C(F)(F)F. The van der Waals surface area contributed by atoms with E-state index in [0.717, 1.165) is 6.07 Å². The number of hydrogen-bond donors (Lipinski definition) is 1. The number of nitrogens with zero attached hydrogens (tertiary/aromatic N) is 3. The molecule has 1 heterocycles. The average molecular weight is 328 g/mol. The van der Waals surface area contributed by atoms with Gasteiger partial charge in [0.05, 0.1) is 17.8 Å². The zero-order valence-corrected chi connectivity index (χ0v) is 12.5. The molecule has 0 aliphatic rings. The van der Waals surface area contributed by atoms with Crippen molar-refractivity contribution < 1.29 is 22.5 Å². The largest absolute Gasteiger partial charge is 0.418 e. The van der Waals surface area contributed by atoms with E-state index >= 15 is 0 Å². The molecule has 1 aromatic heterocycles. The monoisotopic (exact) mass is 328 g/mol. The maximum atomic E-state index is 12.9. The molecule has 2 amide bonds. The van der Waals surface area contributed by atoms with Crippen LogP contribution in [-0.2, 0) is 12.7 Å². The van der Waals surface area contributed by atoms with Crippen molar-refractivity contribution in [1.29, 1.82) is 0 Å². The fraction of sp³-hybridized carbons (Fsp3) is 0.357. The summed E-state index contributed by atoms with van der Waals surface area (Å²) in [6.07, 6.45) is -4.55. The first-order chi connectivity index (χ1) is 10.8. The number of halogens is 3. The lowest BCUT2D eigenvalue weighted by atomic mass is 10.1. The van der Waals surface area contributed by atoms with Gasteiger partial charge in [-0.05, 0) is 19.1 Å². The molecular formula is C14H15F3N4O2. The first-order valence-corrected chi connectivity index (χ1v) is 6.82. The second kappa shape index (κ2) is 6.67. The first-order valence-electron chi connectivity index (χ1n) is 6.82. The lowest BCUT2D eigenvalue weighted by molar-refractivity contribution is -0.136. The summed E-state index contributed by atoms with van der Waals surface area (Å²) in [5, 5.41) is 5.94. The minimum Gasteiger partial charge on any atom is -0.340 e. The van der Waals surface area contributed by atoms with E-state index in [0.29, 0.717) is 5.89 Å². The van der Waals surface area contributed by atoms with Gasteiger partial charge in [0.15, 0.2) is 5.82 Å². The Morgan fingerprint density at radius 2 is 2.04 bits per heavy atom. The van der Waals surface area contributed by atoms with Crippen molar-refractivity contribution in [3.63, 3.8) is 0 Å². The maximum Gasteiger partial charge on any atom is 0.418 e. The fourth-order valence-electron chi connectivity index (χ4n) is 1.94. The van der Waals surface area contributed by atoms with Gasteiger partial charge in [0.1, 0.15) is 0 Å². The molecule has 0 bridgehead atoms. The van der Waals surface area contributed by atoms with Gasteiger partial charge in [0, 0.05) is 13.5 Å². The first kappa shape index (κ1) is 16.8. The third kappa shape index (κ3) is 4.21. The van der Waals surface area contributed by atoms with Gasteiger partial charge in [-0.1, -0.05) is 17.3 Å². The highest BCUT2D eigenvalue weighted by atomic mass is 19.4. The van der Waals surface area contributed by atoms with E-state index in [9.17, 15) is 18.0 Å². The molecule has 0 spiro atoms. The van der Waals surface area contributed by atoms with E-state index in [1.165, 1.54) is 23.1 Å². The molecule has 2 aromatic rings. The zero-order chi connectivity index (χ0) is 17.0. The molecule has 0 saturated carbocycles. The van der Waals surface area contributed by atoms with Crippen molar-refractivity contribution in [3.05, 3.63) is 41.5 Å². The Hall–Kier alpha value is -2.58.